The van der Waals surface area contributed by atoms with Crippen molar-refractivity contribution in [3.05, 3.63) is 12.2 Å². The predicted molar refractivity (Wildman–Crippen MR) is 57.9 cm³/mol. The van der Waals surface area contributed by atoms with Crippen molar-refractivity contribution in [2.24, 2.45) is 16.8 Å². The molecular formula is C9H16N6O. The van der Waals surface area contributed by atoms with Gasteiger partial charge in [-0.1, -0.05) is 12.1 Å². The molecule has 0 amide bonds. The first-order valence-corrected chi connectivity index (χ1v) is 5.27. The van der Waals surface area contributed by atoms with Gasteiger partial charge < -0.3 is 15.5 Å². The molecule has 0 spiro atoms. The van der Waals surface area contributed by atoms with Gasteiger partial charge in [0.1, 0.15) is 18.0 Å². The second kappa shape index (κ2) is 4.48. The molecule has 0 aliphatic carbocycles. The van der Waals surface area contributed by atoms with Crippen LogP contribution in [0.25, 0.3) is 0 Å². The quantitative estimate of drug-likeness (QED) is 0.312. The third-order valence-corrected chi connectivity index (χ3v) is 2.87. The minimum Gasteiger partial charge on any atom is -0.409 e. The minimum absolute atomic E-state index is 0.0412. The zero-order valence-electron chi connectivity index (χ0n) is 9.24. The average molecular weight is 224 g/mol. The molecule has 1 aromatic heterocycles. The van der Waals surface area contributed by atoms with Crippen LogP contribution in [-0.4, -0.2) is 43.8 Å². The Balaban J connectivity index is 1.94. The Kier molecular flexibility index (Phi) is 3.04. The van der Waals surface area contributed by atoms with Crippen LogP contribution in [0.4, 0.5) is 0 Å². The number of amidine groups is 1. The van der Waals surface area contributed by atoms with E-state index in [9.17, 15) is 0 Å². The van der Waals surface area contributed by atoms with Crippen molar-refractivity contribution >= 4 is 5.84 Å². The first-order valence-electron chi connectivity index (χ1n) is 5.27. The third kappa shape index (κ3) is 2.13. The fourth-order valence-electron chi connectivity index (χ4n) is 1.85. The van der Waals surface area contributed by atoms with E-state index in [-0.39, 0.29) is 11.8 Å². The summed E-state index contributed by atoms with van der Waals surface area (Å²) in [5, 5.41) is 19.5. The van der Waals surface area contributed by atoms with Gasteiger partial charge in [0.2, 0.25) is 0 Å². The highest BCUT2D eigenvalue weighted by atomic mass is 16.4. The molecule has 1 unspecified atom stereocenters. The third-order valence-electron chi connectivity index (χ3n) is 2.87. The molecule has 3 N–H and O–H groups in total. The molecule has 16 heavy (non-hydrogen) atoms. The van der Waals surface area contributed by atoms with Crippen LogP contribution in [0.5, 0.6) is 0 Å². The van der Waals surface area contributed by atoms with Crippen LogP contribution in [0.3, 0.4) is 0 Å². The van der Waals surface area contributed by atoms with E-state index in [0.29, 0.717) is 0 Å². The number of hydrogen-bond acceptors (Lipinski definition) is 5. The van der Waals surface area contributed by atoms with Crippen molar-refractivity contribution < 1.29 is 5.21 Å². The van der Waals surface area contributed by atoms with E-state index in [1.807, 2.05) is 11.5 Å². The lowest BCUT2D eigenvalue weighted by Gasteiger charge is -2.28. The Morgan fingerprint density at radius 2 is 2.50 bits per heavy atom. The second-order valence-corrected chi connectivity index (χ2v) is 4.10. The van der Waals surface area contributed by atoms with E-state index >= 15 is 0 Å². The number of aromatic nitrogens is 3. The highest BCUT2D eigenvalue weighted by Crippen LogP contribution is 2.11. The number of nitrogens with two attached hydrogens (primary N) is 1. The van der Waals surface area contributed by atoms with Crippen molar-refractivity contribution in [1.82, 2.24) is 19.7 Å². The van der Waals surface area contributed by atoms with E-state index in [0.717, 1.165) is 32.0 Å². The average Bonchev–Trinajstić information content (AvgIpc) is 2.75. The predicted octanol–water partition coefficient (Wildman–Crippen LogP) is -0.524. The smallest absolute Gasteiger partial charge is 0.147 e. The summed E-state index contributed by atoms with van der Waals surface area (Å²) in [6.45, 7) is 5.31. The highest BCUT2D eigenvalue weighted by molar-refractivity contribution is 5.82. The number of hydrogen-bond donors (Lipinski definition) is 2. The number of oxime groups is 1. The van der Waals surface area contributed by atoms with Gasteiger partial charge in [-0.2, -0.15) is 0 Å². The van der Waals surface area contributed by atoms with Gasteiger partial charge in [-0.25, -0.2) is 0 Å². The molecule has 1 atom stereocenters. The summed E-state index contributed by atoms with van der Waals surface area (Å²) < 4.78 is 2.05. The summed E-state index contributed by atoms with van der Waals surface area (Å²) in [4.78, 5) is 2.23. The molecule has 2 rings (SSSR count). The van der Waals surface area contributed by atoms with Gasteiger partial charge in [0.25, 0.3) is 0 Å². The first-order chi connectivity index (χ1) is 7.70. The summed E-state index contributed by atoms with van der Waals surface area (Å²) >= 11 is 0. The van der Waals surface area contributed by atoms with Crippen LogP contribution in [0.2, 0.25) is 0 Å². The molecule has 1 aliphatic heterocycles. The summed E-state index contributed by atoms with van der Waals surface area (Å²) in [6, 6.07) is 0. The van der Waals surface area contributed by atoms with Gasteiger partial charge in [-0.05, 0) is 0 Å². The van der Waals surface area contributed by atoms with Gasteiger partial charge in [0, 0.05) is 25.6 Å². The zero-order chi connectivity index (χ0) is 11.5. The van der Waals surface area contributed by atoms with E-state index in [4.69, 9.17) is 10.9 Å². The second-order valence-electron chi connectivity index (χ2n) is 4.10. The van der Waals surface area contributed by atoms with Gasteiger partial charge >= 0.3 is 0 Å². The molecule has 0 radical (unpaired) electrons. The largest absolute Gasteiger partial charge is 0.409 e. The molecule has 7 heteroatoms. The molecule has 88 valence electrons. The Morgan fingerprint density at radius 1 is 1.69 bits per heavy atom. The van der Waals surface area contributed by atoms with Crippen LogP contribution >= 0.6 is 0 Å². The van der Waals surface area contributed by atoms with Gasteiger partial charge in [-0.15, -0.1) is 10.2 Å². The lowest BCUT2D eigenvalue weighted by molar-refractivity contribution is 0.203. The van der Waals surface area contributed by atoms with E-state index in [1.54, 1.807) is 6.33 Å². The molecule has 2 heterocycles. The first kappa shape index (κ1) is 10.9. The van der Waals surface area contributed by atoms with Crippen LogP contribution in [0, 0.1) is 5.92 Å². The van der Waals surface area contributed by atoms with Crippen molar-refractivity contribution in [2.45, 2.75) is 20.0 Å². The summed E-state index contributed by atoms with van der Waals surface area (Å²) in [5.41, 5.74) is 5.55. The maximum Gasteiger partial charge on any atom is 0.147 e. The van der Waals surface area contributed by atoms with Crippen molar-refractivity contribution in [2.75, 3.05) is 13.1 Å². The number of nitrogens with zero attached hydrogens (tertiary/aromatic N) is 5. The number of fused-ring (bicyclic) bond motifs is 1. The lowest BCUT2D eigenvalue weighted by Crippen LogP contribution is -2.39. The molecule has 7 nitrogen and oxygen atoms in total. The Hall–Kier alpha value is -1.63. The summed E-state index contributed by atoms with van der Waals surface area (Å²) in [6.07, 6.45) is 1.75. The van der Waals surface area contributed by atoms with Crippen molar-refractivity contribution in [3.8, 4) is 0 Å². The van der Waals surface area contributed by atoms with Gasteiger partial charge in [0.05, 0.1) is 6.54 Å². The maximum atomic E-state index is 8.58. The van der Waals surface area contributed by atoms with Crippen LogP contribution in [0.1, 0.15) is 12.7 Å². The fourth-order valence-corrected chi connectivity index (χ4v) is 1.85. The topological polar surface area (TPSA) is 92.6 Å². The molecule has 0 saturated heterocycles. The number of rotatable bonds is 3. The van der Waals surface area contributed by atoms with Crippen LogP contribution in [0.15, 0.2) is 11.5 Å². The van der Waals surface area contributed by atoms with E-state index in [2.05, 4.69) is 20.3 Å². The SMILES string of the molecule is CC(CN1CCn2cnnc2C1)C(N)=NO. The summed E-state index contributed by atoms with van der Waals surface area (Å²) in [7, 11) is 0. The Labute approximate surface area is 93.6 Å². The van der Waals surface area contributed by atoms with Gasteiger partial charge in [-0.3, -0.25) is 4.90 Å². The maximum absolute atomic E-state index is 8.58. The Morgan fingerprint density at radius 3 is 3.25 bits per heavy atom. The van der Waals surface area contributed by atoms with E-state index in [1.165, 1.54) is 0 Å². The normalized spacial score (nSPS) is 19.4. The van der Waals surface area contributed by atoms with E-state index < -0.39 is 0 Å². The monoisotopic (exact) mass is 224 g/mol. The van der Waals surface area contributed by atoms with Crippen LogP contribution < -0.4 is 5.73 Å². The molecule has 0 bridgehead atoms. The molecule has 1 aliphatic rings. The molecule has 0 saturated carbocycles. The zero-order valence-corrected chi connectivity index (χ0v) is 9.24. The standard InChI is InChI=1S/C9H16N6O/c1-7(9(10)13-16)4-14-2-3-15-6-11-12-8(15)5-14/h6-7,16H,2-5H2,1H3,(H2,10,13). The van der Waals surface area contributed by atoms with Gasteiger partial charge in [0.15, 0.2) is 0 Å². The lowest BCUT2D eigenvalue weighted by atomic mass is 10.1. The molecule has 1 aromatic rings. The van der Waals surface area contributed by atoms with Crippen molar-refractivity contribution in [3.63, 3.8) is 0 Å². The highest BCUT2D eigenvalue weighted by Gasteiger charge is 2.20. The fraction of sp³-hybridized carbons (Fsp3) is 0.667. The molecular weight excluding hydrogens is 208 g/mol. The van der Waals surface area contributed by atoms with Crippen molar-refractivity contribution in [1.29, 1.82) is 0 Å². The summed E-state index contributed by atoms with van der Waals surface area (Å²) in [5.74, 6) is 1.28. The molecule has 0 aromatic carbocycles. The molecule has 0 fully saturated rings. The van der Waals surface area contributed by atoms with Crippen LogP contribution in [-0.2, 0) is 13.1 Å². The Bertz CT molecular complexity index is 387. The minimum atomic E-state index is 0.0412.